The third kappa shape index (κ3) is 5.93. The Morgan fingerprint density at radius 1 is 1.08 bits per heavy atom. The number of ether oxygens (including phenoxy) is 2. The fourth-order valence-electron chi connectivity index (χ4n) is 4.76. The first-order chi connectivity index (χ1) is 18.9. The van der Waals surface area contributed by atoms with Gasteiger partial charge in [0, 0.05) is 6.42 Å². The lowest BCUT2D eigenvalue weighted by Crippen LogP contribution is -2.34. The molecule has 0 radical (unpaired) electrons. The zero-order chi connectivity index (χ0) is 27.4. The van der Waals surface area contributed by atoms with Crippen LogP contribution in [-0.4, -0.2) is 60.6 Å². The second kappa shape index (κ2) is 11.9. The van der Waals surface area contributed by atoms with Gasteiger partial charge in [0.2, 0.25) is 0 Å². The van der Waals surface area contributed by atoms with Gasteiger partial charge in [0.1, 0.15) is 31.2 Å². The predicted octanol–water partition coefficient (Wildman–Crippen LogP) is 3.49. The largest absolute Gasteiger partial charge is 0.463 e. The molecule has 204 valence electrons. The van der Waals surface area contributed by atoms with E-state index in [1.165, 1.54) is 12.7 Å². The van der Waals surface area contributed by atoms with Gasteiger partial charge in [0.05, 0.1) is 12.4 Å². The highest BCUT2D eigenvalue weighted by Crippen LogP contribution is 2.33. The molecule has 1 aliphatic rings. The van der Waals surface area contributed by atoms with Gasteiger partial charge in [-0.25, -0.2) is 15.0 Å². The molecule has 0 aliphatic carbocycles. The first kappa shape index (κ1) is 26.7. The lowest BCUT2D eigenvalue weighted by Gasteiger charge is -2.19. The number of imidazole rings is 1. The van der Waals surface area contributed by atoms with Crippen molar-refractivity contribution in [1.82, 2.24) is 19.5 Å². The Labute approximate surface area is 226 Å². The zero-order valence-electron chi connectivity index (χ0n) is 22.0. The average molecular weight is 532 g/mol. The Morgan fingerprint density at radius 2 is 1.85 bits per heavy atom. The minimum atomic E-state index is -1.27. The smallest absolute Gasteiger partial charge is 0.306 e. The summed E-state index contributed by atoms with van der Waals surface area (Å²) in [4.78, 5) is 25.5. The number of fused-ring (bicyclic) bond motifs is 1. The molecule has 0 unspecified atom stereocenters. The SMILES string of the molecule is CC[C@H](Nc1ncnc2c1ncn2[C@@H]1O[C@H](COC(=O)CCc2ccc(C)cc2)[C@H](O)[C@@H]1O)c1ccccc1. The van der Waals surface area contributed by atoms with Crippen LogP contribution < -0.4 is 5.32 Å². The van der Waals surface area contributed by atoms with Gasteiger partial charge in [-0.05, 0) is 30.9 Å². The average Bonchev–Trinajstić information content (AvgIpc) is 3.51. The van der Waals surface area contributed by atoms with Gasteiger partial charge < -0.3 is 25.0 Å². The molecule has 3 heterocycles. The van der Waals surface area contributed by atoms with Crippen molar-refractivity contribution >= 4 is 23.0 Å². The molecule has 0 spiro atoms. The Hall–Kier alpha value is -3.86. The number of aliphatic hydroxyl groups excluding tert-OH is 2. The summed E-state index contributed by atoms with van der Waals surface area (Å²) in [6.07, 6.45) is 0.149. The van der Waals surface area contributed by atoms with E-state index in [4.69, 9.17) is 9.47 Å². The maximum absolute atomic E-state index is 12.3. The van der Waals surface area contributed by atoms with Crippen molar-refractivity contribution in [3.8, 4) is 0 Å². The number of benzene rings is 2. The number of carbonyl (C=O) groups excluding carboxylic acids is 1. The molecule has 5 atom stereocenters. The van der Waals surface area contributed by atoms with E-state index in [-0.39, 0.29) is 19.1 Å². The molecule has 3 N–H and O–H groups in total. The molecule has 1 fully saturated rings. The Bertz CT molecular complexity index is 1390. The van der Waals surface area contributed by atoms with Crippen LogP contribution >= 0.6 is 0 Å². The molecule has 4 aromatic rings. The molecule has 2 aromatic carbocycles. The fourth-order valence-corrected chi connectivity index (χ4v) is 4.76. The molecular weight excluding hydrogens is 498 g/mol. The maximum Gasteiger partial charge on any atom is 0.306 e. The highest BCUT2D eigenvalue weighted by molar-refractivity contribution is 5.83. The number of aromatic nitrogens is 4. The number of anilines is 1. The standard InChI is InChI=1S/C29H33N5O5/c1-3-21(20-7-5-4-6-8-20)33-27-24-28(31-16-30-27)34(17-32-24)29-26(37)25(36)22(39-29)15-38-23(35)14-13-19-11-9-18(2)10-12-19/h4-12,16-17,21-22,25-26,29,36-37H,3,13-15H2,1-2H3,(H,30,31,33)/t21-,22+,25-,26-,29+/m0/s1. The molecule has 10 heteroatoms. The molecule has 39 heavy (non-hydrogen) atoms. The fraction of sp³-hybridized carbons (Fsp3) is 0.379. The molecule has 0 bridgehead atoms. The summed E-state index contributed by atoms with van der Waals surface area (Å²) in [5, 5.41) is 24.9. The normalized spacial score (nSPS) is 21.6. The topological polar surface area (TPSA) is 132 Å². The van der Waals surface area contributed by atoms with E-state index in [1.807, 2.05) is 49.4 Å². The number of esters is 1. The number of carbonyl (C=O) groups is 1. The van der Waals surface area contributed by atoms with Gasteiger partial charge in [0.25, 0.3) is 0 Å². The van der Waals surface area contributed by atoms with Gasteiger partial charge in [0.15, 0.2) is 23.2 Å². The van der Waals surface area contributed by atoms with Crippen LogP contribution in [0, 0.1) is 6.92 Å². The van der Waals surface area contributed by atoms with Gasteiger partial charge in [-0.1, -0.05) is 67.1 Å². The van der Waals surface area contributed by atoms with Crippen molar-refractivity contribution < 1.29 is 24.5 Å². The Kier molecular flexibility index (Phi) is 8.16. The maximum atomic E-state index is 12.3. The zero-order valence-corrected chi connectivity index (χ0v) is 22.0. The highest BCUT2D eigenvalue weighted by atomic mass is 16.6. The van der Waals surface area contributed by atoms with Gasteiger partial charge in [-0.2, -0.15) is 0 Å². The van der Waals surface area contributed by atoms with Gasteiger partial charge >= 0.3 is 5.97 Å². The minimum Gasteiger partial charge on any atom is -0.463 e. The van der Waals surface area contributed by atoms with Crippen LogP contribution in [0.1, 0.15) is 48.7 Å². The summed E-state index contributed by atoms with van der Waals surface area (Å²) in [6, 6.07) is 18.1. The van der Waals surface area contributed by atoms with Gasteiger partial charge in [-0.15, -0.1) is 0 Å². The third-order valence-electron chi connectivity index (χ3n) is 7.04. The van der Waals surface area contributed by atoms with Crippen molar-refractivity contribution in [2.75, 3.05) is 11.9 Å². The van der Waals surface area contributed by atoms with Crippen LogP contribution in [0.15, 0.2) is 67.3 Å². The van der Waals surface area contributed by atoms with Crippen LogP contribution in [-0.2, 0) is 20.7 Å². The lowest BCUT2D eigenvalue weighted by molar-refractivity contribution is -0.150. The number of aliphatic hydroxyl groups is 2. The van der Waals surface area contributed by atoms with E-state index in [2.05, 4.69) is 39.3 Å². The van der Waals surface area contributed by atoms with E-state index in [9.17, 15) is 15.0 Å². The monoisotopic (exact) mass is 531 g/mol. The van der Waals surface area contributed by atoms with Crippen molar-refractivity contribution in [1.29, 1.82) is 0 Å². The first-order valence-electron chi connectivity index (χ1n) is 13.2. The molecule has 2 aromatic heterocycles. The van der Waals surface area contributed by atoms with Crippen molar-refractivity contribution in [2.45, 2.75) is 63.7 Å². The summed E-state index contributed by atoms with van der Waals surface area (Å²) in [6.45, 7) is 3.92. The number of aryl methyl sites for hydroxylation is 2. The molecule has 0 amide bonds. The number of nitrogens with zero attached hydrogens (tertiary/aromatic N) is 4. The van der Waals surface area contributed by atoms with E-state index in [0.717, 1.165) is 23.1 Å². The molecule has 1 saturated heterocycles. The minimum absolute atomic E-state index is 0.0228. The second-order valence-corrected chi connectivity index (χ2v) is 9.78. The van der Waals surface area contributed by atoms with E-state index in [0.29, 0.717) is 23.4 Å². The van der Waals surface area contributed by atoms with E-state index < -0.39 is 30.5 Å². The number of hydrogen-bond acceptors (Lipinski definition) is 9. The van der Waals surface area contributed by atoms with Crippen LogP contribution in [0.25, 0.3) is 11.2 Å². The van der Waals surface area contributed by atoms with Crippen LogP contribution in [0.5, 0.6) is 0 Å². The predicted molar refractivity (Wildman–Crippen MR) is 145 cm³/mol. The quantitative estimate of drug-likeness (QED) is 0.263. The number of rotatable bonds is 10. The highest BCUT2D eigenvalue weighted by Gasteiger charge is 2.45. The van der Waals surface area contributed by atoms with E-state index >= 15 is 0 Å². The summed E-state index contributed by atoms with van der Waals surface area (Å²) in [7, 11) is 0. The van der Waals surface area contributed by atoms with Crippen molar-refractivity contribution in [2.24, 2.45) is 0 Å². The van der Waals surface area contributed by atoms with E-state index in [1.54, 1.807) is 4.57 Å². The summed E-state index contributed by atoms with van der Waals surface area (Å²) in [5.74, 6) is 0.159. The first-order valence-corrected chi connectivity index (χ1v) is 13.2. The van der Waals surface area contributed by atoms with Gasteiger partial charge in [-0.3, -0.25) is 9.36 Å². The Morgan fingerprint density at radius 3 is 2.59 bits per heavy atom. The Balaban J connectivity index is 1.24. The molecule has 10 nitrogen and oxygen atoms in total. The lowest BCUT2D eigenvalue weighted by atomic mass is 10.0. The summed E-state index contributed by atoms with van der Waals surface area (Å²) >= 11 is 0. The van der Waals surface area contributed by atoms with Crippen molar-refractivity contribution in [3.05, 3.63) is 83.9 Å². The molecule has 0 saturated carbocycles. The number of hydrogen-bond donors (Lipinski definition) is 3. The van der Waals surface area contributed by atoms with Crippen molar-refractivity contribution in [3.63, 3.8) is 0 Å². The number of nitrogens with one attached hydrogen (secondary N) is 1. The molecule has 5 rings (SSSR count). The summed E-state index contributed by atoms with van der Waals surface area (Å²) < 4.78 is 12.9. The molecular formula is C29H33N5O5. The van der Waals surface area contributed by atoms with Crippen LogP contribution in [0.4, 0.5) is 5.82 Å². The second-order valence-electron chi connectivity index (χ2n) is 9.78. The summed E-state index contributed by atoms with van der Waals surface area (Å²) in [5.41, 5.74) is 4.29. The van der Waals surface area contributed by atoms with Crippen LogP contribution in [0.2, 0.25) is 0 Å². The third-order valence-corrected chi connectivity index (χ3v) is 7.04. The van der Waals surface area contributed by atoms with Crippen LogP contribution in [0.3, 0.4) is 0 Å². The molecule has 1 aliphatic heterocycles.